The Morgan fingerprint density at radius 2 is 1.61 bits per heavy atom. The molecule has 0 saturated carbocycles. The third kappa shape index (κ3) is 3.44. The van der Waals surface area contributed by atoms with E-state index < -0.39 is 5.91 Å². The first-order valence-electron chi connectivity index (χ1n) is 6.84. The van der Waals surface area contributed by atoms with Crippen molar-refractivity contribution in [1.82, 2.24) is 4.98 Å². The highest BCUT2D eigenvalue weighted by atomic mass is 32.1. The molecule has 5 nitrogen and oxygen atoms in total. The van der Waals surface area contributed by atoms with E-state index in [1.807, 2.05) is 17.5 Å². The van der Waals surface area contributed by atoms with E-state index in [1.54, 1.807) is 53.9 Å². The van der Waals surface area contributed by atoms with Crippen LogP contribution in [0.4, 0.5) is 5.69 Å². The van der Waals surface area contributed by atoms with Crippen LogP contribution in [0.3, 0.4) is 0 Å². The van der Waals surface area contributed by atoms with Gasteiger partial charge in [0, 0.05) is 34.0 Å². The molecule has 3 N–H and O–H groups in total. The standard InChI is InChI=1S/C17H13N3O2S/c18-15(21)11-5-7-14(8-6-11)20-16(22)12-1-3-13(4-2-12)17-19-9-10-23-17/h1-10H,(H2,18,21)(H,20,22). The third-order valence-electron chi connectivity index (χ3n) is 3.25. The molecular formula is C17H13N3O2S. The van der Waals surface area contributed by atoms with Gasteiger partial charge >= 0.3 is 0 Å². The van der Waals surface area contributed by atoms with Crippen LogP contribution in [0.5, 0.6) is 0 Å². The van der Waals surface area contributed by atoms with Crippen LogP contribution in [-0.4, -0.2) is 16.8 Å². The molecular weight excluding hydrogens is 310 g/mol. The first-order valence-corrected chi connectivity index (χ1v) is 7.72. The SMILES string of the molecule is NC(=O)c1ccc(NC(=O)c2ccc(-c3nccs3)cc2)cc1. The molecule has 3 aromatic rings. The van der Waals surface area contributed by atoms with Crippen molar-refractivity contribution in [3.8, 4) is 10.6 Å². The average molecular weight is 323 g/mol. The maximum absolute atomic E-state index is 12.2. The molecule has 0 spiro atoms. The summed E-state index contributed by atoms with van der Waals surface area (Å²) in [5.41, 5.74) is 7.70. The van der Waals surface area contributed by atoms with Gasteiger partial charge in [-0.3, -0.25) is 9.59 Å². The number of carbonyl (C=O) groups is 2. The minimum atomic E-state index is -0.499. The monoisotopic (exact) mass is 323 g/mol. The summed E-state index contributed by atoms with van der Waals surface area (Å²) in [4.78, 5) is 27.5. The fraction of sp³-hybridized carbons (Fsp3) is 0. The molecule has 0 aliphatic heterocycles. The largest absolute Gasteiger partial charge is 0.366 e. The zero-order chi connectivity index (χ0) is 16.2. The fourth-order valence-electron chi connectivity index (χ4n) is 2.05. The van der Waals surface area contributed by atoms with Gasteiger partial charge in [0.2, 0.25) is 5.91 Å². The number of nitrogens with two attached hydrogens (primary N) is 1. The quantitative estimate of drug-likeness (QED) is 0.773. The van der Waals surface area contributed by atoms with E-state index in [-0.39, 0.29) is 5.91 Å². The van der Waals surface area contributed by atoms with E-state index in [4.69, 9.17) is 5.73 Å². The first kappa shape index (κ1) is 14.9. The van der Waals surface area contributed by atoms with E-state index in [0.717, 1.165) is 10.6 Å². The predicted octanol–water partition coefficient (Wildman–Crippen LogP) is 3.16. The van der Waals surface area contributed by atoms with Crippen LogP contribution in [0.2, 0.25) is 0 Å². The molecule has 23 heavy (non-hydrogen) atoms. The van der Waals surface area contributed by atoms with Crippen LogP contribution in [0.25, 0.3) is 10.6 Å². The Balaban J connectivity index is 1.71. The second kappa shape index (κ2) is 6.41. The number of rotatable bonds is 4. The molecule has 114 valence electrons. The molecule has 0 atom stereocenters. The van der Waals surface area contributed by atoms with Crippen LogP contribution in [0.1, 0.15) is 20.7 Å². The van der Waals surface area contributed by atoms with Gasteiger partial charge in [-0.1, -0.05) is 12.1 Å². The summed E-state index contributed by atoms with van der Waals surface area (Å²) < 4.78 is 0. The van der Waals surface area contributed by atoms with Gasteiger partial charge in [0.25, 0.3) is 5.91 Å². The van der Waals surface area contributed by atoms with Gasteiger partial charge in [-0.15, -0.1) is 11.3 Å². The number of hydrogen-bond donors (Lipinski definition) is 2. The van der Waals surface area contributed by atoms with Gasteiger partial charge in [0.05, 0.1) is 0 Å². The molecule has 0 saturated heterocycles. The molecule has 2 amide bonds. The van der Waals surface area contributed by atoms with Crippen molar-refractivity contribution < 1.29 is 9.59 Å². The van der Waals surface area contributed by atoms with Crippen LogP contribution in [-0.2, 0) is 0 Å². The van der Waals surface area contributed by atoms with Crippen molar-refractivity contribution in [3.05, 3.63) is 71.2 Å². The van der Waals surface area contributed by atoms with E-state index in [2.05, 4.69) is 10.3 Å². The van der Waals surface area contributed by atoms with E-state index >= 15 is 0 Å². The molecule has 0 aliphatic carbocycles. The number of carbonyl (C=O) groups excluding carboxylic acids is 2. The van der Waals surface area contributed by atoms with Gasteiger partial charge in [-0.25, -0.2) is 4.98 Å². The Morgan fingerprint density at radius 1 is 0.957 bits per heavy atom. The topological polar surface area (TPSA) is 85.1 Å². The lowest BCUT2D eigenvalue weighted by Crippen LogP contribution is -2.13. The van der Waals surface area contributed by atoms with E-state index in [9.17, 15) is 9.59 Å². The van der Waals surface area contributed by atoms with Gasteiger partial charge in [0.15, 0.2) is 0 Å². The van der Waals surface area contributed by atoms with Gasteiger partial charge in [-0.05, 0) is 36.4 Å². The number of amides is 2. The second-order valence-corrected chi connectivity index (χ2v) is 5.70. The third-order valence-corrected chi connectivity index (χ3v) is 4.08. The number of hydrogen-bond acceptors (Lipinski definition) is 4. The lowest BCUT2D eigenvalue weighted by Gasteiger charge is -2.06. The highest BCUT2D eigenvalue weighted by molar-refractivity contribution is 7.13. The van der Waals surface area contributed by atoms with Crippen LogP contribution in [0, 0.1) is 0 Å². The zero-order valence-corrected chi connectivity index (χ0v) is 12.8. The summed E-state index contributed by atoms with van der Waals surface area (Å²) >= 11 is 1.55. The summed E-state index contributed by atoms with van der Waals surface area (Å²) in [7, 11) is 0. The number of primary amides is 1. The molecule has 0 bridgehead atoms. The van der Waals surface area contributed by atoms with Crippen molar-refractivity contribution in [2.24, 2.45) is 5.73 Å². The van der Waals surface area contributed by atoms with Crippen LogP contribution < -0.4 is 11.1 Å². The number of thiazole rings is 1. The average Bonchev–Trinajstić information content (AvgIpc) is 3.10. The van der Waals surface area contributed by atoms with Crippen molar-refractivity contribution in [3.63, 3.8) is 0 Å². The minimum Gasteiger partial charge on any atom is -0.366 e. The summed E-state index contributed by atoms with van der Waals surface area (Å²) in [6.07, 6.45) is 1.75. The normalized spacial score (nSPS) is 10.3. The molecule has 1 aromatic heterocycles. The lowest BCUT2D eigenvalue weighted by molar-refractivity contribution is 0.0998. The number of nitrogens with one attached hydrogen (secondary N) is 1. The van der Waals surface area contributed by atoms with Crippen molar-refractivity contribution >= 4 is 28.8 Å². The van der Waals surface area contributed by atoms with Crippen molar-refractivity contribution in [1.29, 1.82) is 0 Å². The van der Waals surface area contributed by atoms with Gasteiger partial charge in [-0.2, -0.15) is 0 Å². The van der Waals surface area contributed by atoms with Crippen molar-refractivity contribution in [2.45, 2.75) is 0 Å². The Labute approximate surface area is 136 Å². The Bertz CT molecular complexity index is 825. The lowest BCUT2D eigenvalue weighted by atomic mass is 10.1. The molecule has 0 fully saturated rings. The summed E-state index contributed by atoms with van der Waals surface area (Å²) in [5, 5.41) is 5.60. The maximum Gasteiger partial charge on any atom is 0.255 e. The van der Waals surface area contributed by atoms with E-state index in [0.29, 0.717) is 16.8 Å². The molecule has 2 aromatic carbocycles. The number of nitrogens with zero attached hydrogens (tertiary/aromatic N) is 1. The number of benzene rings is 2. The van der Waals surface area contributed by atoms with Crippen LogP contribution in [0.15, 0.2) is 60.1 Å². The summed E-state index contributed by atoms with van der Waals surface area (Å²) in [6, 6.07) is 13.7. The Hall–Kier alpha value is -2.99. The van der Waals surface area contributed by atoms with Gasteiger partial charge < -0.3 is 11.1 Å². The maximum atomic E-state index is 12.2. The molecule has 1 heterocycles. The first-order chi connectivity index (χ1) is 11.1. The molecule has 6 heteroatoms. The van der Waals surface area contributed by atoms with Crippen LogP contribution >= 0.6 is 11.3 Å². The van der Waals surface area contributed by atoms with Crippen molar-refractivity contribution in [2.75, 3.05) is 5.32 Å². The molecule has 0 radical (unpaired) electrons. The zero-order valence-electron chi connectivity index (χ0n) is 12.0. The minimum absolute atomic E-state index is 0.220. The van der Waals surface area contributed by atoms with E-state index in [1.165, 1.54) is 0 Å². The Kier molecular flexibility index (Phi) is 4.16. The summed E-state index contributed by atoms with van der Waals surface area (Å²) in [6.45, 7) is 0. The molecule has 0 aliphatic rings. The smallest absolute Gasteiger partial charge is 0.255 e. The number of anilines is 1. The highest BCUT2D eigenvalue weighted by Crippen LogP contribution is 2.22. The highest BCUT2D eigenvalue weighted by Gasteiger charge is 2.08. The Morgan fingerprint density at radius 3 is 2.17 bits per heavy atom. The number of aromatic nitrogens is 1. The van der Waals surface area contributed by atoms with Gasteiger partial charge in [0.1, 0.15) is 5.01 Å². The fourth-order valence-corrected chi connectivity index (χ4v) is 2.70. The second-order valence-electron chi connectivity index (χ2n) is 4.81. The molecule has 3 rings (SSSR count). The molecule has 0 unspecified atom stereocenters. The predicted molar refractivity (Wildman–Crippen MR) is 90.5 cm³/mol. The summed E-state index contributed by atoms with van der Waals surface area (Å²) in [5.74, 6) is -0.719.